The van der Waals surface area contributed by atoms with Crippen LogP contribution in [0.1, 0.15) is 15.4 Å². The molecule has 0 aliphatic rings. The molecule has 0 radical (unpaired) electrons. The van der Waals surface area contributed by atoms with Crippen molar-refractivity contribution in [1.82, 2.24) is 4.98 Å². The van der Waals surface area contributed by atoms with E-state index in [4.69, 9.17) is 4.74 Å². The molecular formula is C13H15BrN2OS. The lowest BCUT2D eigenvalue weighted by Gasteiger charge is -2.13. The fraction of sp³-hybridized carbons (Fsp3) is 0.308. The Hall–Kier alpha value is -1.07. The topological polar surface area (TPSA) is 34.1 Å². The van der Waals surface area contributed by atoms with E-state index in [9.17, 15) is 0 Å². The van der Waals surface area contributed by atoms with Gasteiger partial charge in [0.25, 0.3) is 0 Å². The molecule has 1 aromatic carbocycles. The van der Waals surface area contributed by atoms with Crippen molar-refractivity contribution in [3.63, 3.8) is 0 Å². The zero-order chi connectivity index (χ0) is 13.1. The summed E-state index contributed by atoms with van der Waals surface area (Å²) in [7, 11) is 1.68. The van der Waals surface area contributed by atoms with Crippen LogP contribution in [0.15, 0.2) is 22.8 Å². The average Bonchev–Trinajstić information content (AvgIpc) is 2.73. The second-order valence-electron chi connectivity index (χ2n) is 4.00. The van der Waals surface area contributed by atoms with Crippen LogP contribution in [0.5, 0.6) is 5.75 Å². The Bertz CT molecular complexity index is 554. The SMILES string of the molecule is COc1cc(Br)cc(C)c1NCc1cnc(C)s1. The summed E-state index contributed by atoms with van der Waals surface area (Å²) in [5, 5.41) is 4.50. The minimum absolute atomic E-state index is 0.768. The summed E-state index contributed by atoms with van der Waals surface area (Å²) in [6.45, 7) is 4.84. The van der Waals surface area contributed by atoms with Crippen LogP contribution in [0, 0.1) is 13.8 Å². The van der Waals surface area contributed by atoms with E-state index < -0.39 is 0 Å². The number of hydrogen-bond donors (Lipinski definition) is 1. The Morgan fingerprint density at radius 2 is 2.17 bits per heavy atom. The summed E-state index contributed by atoms with van der Waals surface area (Å²) in [6.07, 6.45) is 1.91. The van der Waals surface area contributed by atoms with E-state index in [0.29, 0.717) is 0 Å². The maximum Gasteiger partial charge on any atom is 0.143 e. The smallest absolute Gasteiger partial charge is 0.143 e. The number of benzene rings is 1. The molecule has 1 aromatic heterocycles. The molecule has 96 valence electrons. The quantitative estimate of drug-likeness (QED) is 0.916. The third-order valence-electron chi connectivity index (χ3n) is 2.59. The highest BCUT2D eigenvalue weighted by Gasteiger charge is 2.08. The zero-order valence-electron chi connectivity index (χ0n) is 10.6. The van der Waals surface area contributed by atoms with Crippen LogP contribution in [0.2, 0.25) is 0 Å². The zero-order valence-corrected chi connectivity index (χ0v) is 13.0. The van der Waals surface area contributed by atoms with Crippen LogP contribution >= 0.6 is 27.3 Å². The first-order valence-electron chi connectivity index (χ1n) is 5.59. The third-order valence-corrected chi connectivity index (χ3v) is 3.96. The number of ether oxygens (including phenoxy) is 1. The summed E-state index contributed by atoms with van der Waals surface area (Å²) in [5.41, 5.74) is 2.19. The van der Waals surface area contributed by atoms with Gasteiger partial charge in [0.15, 0.2) is 0 Å². The monoisotopic (exact) mass is 326 g/mol. The number of aryl methyl sites for hydroxylation is 2. The number of nitrogens with one attached hydrogen (secondary N) is 1. The van der Waals surface area contributed by atoms with E-state index in [1.165, 1.54) is 4.88 Å². The molecule has 0 spiro atoms. The predicted octanol–water partition coefficient (Wildman–Crippen LogP) is 4.14. The molecule has 0 unspecified atom stereocenters. The summed E-state index contributed by atoms with van der Waals surface area (Å²) < 4.78 is 6.42. The first kappa shape index (κ1) is 13.4. The first-order valence-corrected chi connectivity index (χ1v) is 7.20. The van der Waals surface area contributed by atoms with Gasteiger partial charge >= 0.3 is 0 Å². The number of nitrogens with zero attached hydrogens (tertiary/aromatic N) is 1. The lowest BCUT2D eigenvalue weighted by Crippen LogP contribution is -2.02. The molecule has 2 aromatic rings. The van der Waals surface area contributed by atoms with Gasteiger partial charge in [0.1, 0.15) is 5.75 Å². The number of hydrogen-bond acceptors (Lipinski definition) is 4. The van der Waals surface area contributed by atoms with Crippen LogP contribution in [0.3, 0.4) is 0 Å². The van der Waals surface area contributed by atoms with Gasteiger partial charge in [0, 0.05) is 15.5 Å². The molecule has 0 saturated carbocycles. The molecule has 3 nitrogen and oxygen atoms in total. The van der Waals surface area contributed by atoms with Gasteiger partial charge in [-0.15, -0.1) is 11.3 Å². The fourth-order valence-electron chi connectivity index (χ4n) is 1.76. The second-order valence-corrected chi connectivity index (χ2v) is 6.23. The summed E-state index contributed by atoms with van der Waals surface area (Å²) >= 11 is 5.18. The summed E-state index contributed by atoms with van der Waals surface area (Å²) in [5.74, 6) is 0.850. The Morgan fingerprint density at radius 1 is 1.39 bits per heavy atom. The van der Waals surface area contributed by atoms with E-state index in [1.807, 2.05) is 19.2 Å². The first-order chi connectivity index (χ1) is 8.60. The lowest BCUT2D eigenvalue weighted by molar-refractivity contribution is 0.416. The van der Waals surface area contributed by atoms with Crippen molar-refractivity contribution in [1.29, 1.82) is 0 Å². The number of halogens is 1. The molecule has 0 aliphatic heterocycles. The minimum Gasteiger partial charge on any atom is -0.495 e. The molecule has 0 fully saturated rings. The number of thiazole rings is 1. The second kappa shape index (κ2) is 5.71. The number of methoxy groups -OCH3 is 1. The largest absolute Gasteiger partial charge is 0.495 e. The Morgan fingerprint density at radius 3 is 2.78 bits per heavy atom. The van der Waals surface area contributed by atoms with Gasteiger partial charge < -0.3 is 10.1 Å². The molecule has 0 saturated heterocycles. The maximum atomic E-state index is 5.40. The molecule has 2 rings (SSSR count). The fourth-order valence-corrected chi connectivity index (χ4v) is 3.05. The molecule has 0 aliphatic carbocycles. The average molecular weight is 327 g/mol. The Kier molecular flexibility index (Phi) is 4.24. The van der Waals surface area contributed by atoms with Crippen molar-refractivity contribution in [2.45, 2.75) is 20.4 Å². The highest BCUT2D eigenvalue weighted by Crippen LogP contribution is 2.32. The Balaban J connectivity index is 2.18. The lowest BCUT2D eigenvalue weighted by atomic mass is 10.2. The Labute approximate surface area is 119 Å². The van der Waals surface area contributed by atoms with Crippen molar-refractivity contribution in [3.8, 4) is 5.75 Å². The maximum absolute atomic E-state index is 5.40. The van der Waals surface area contributed by atoms with Crippen molar-refractivity contribution in [2.75, 3.05) is 12.4 Å². The van der Waals surface area contributed by atoms with Crippen LogP contribution in [0.25, 0.3) is 0 Å². The van der Waals surface area contributed by atoms with E-state index >= 15 is 0 Å². The number of anilines is 1. The van der Waals surface area contributed by atoms with Crippen molar-refractivity contribution < 1.29 is 4.74 Å². The van der Waals surface area contributed by atoms with Crippen molar-refractivity contribution in [2.24, 2.45) is 0 Å². The summed E-state index contributed by atoms with van der Waals surface area (Å²) in [6, 6.07) is 4.04. The van der Waals surface area contributed by atoms with Crippen LogP contribution < -0.4 is 10.1 Å². The third kappa shape index (κ3) is 3.03. The predicted molar refractivity (Wildman–Crippen MR) is 79.6 cm³/mol. The highest BCUT2D eigenvalue weighted by molar-refractivity contribution is 9.10. The van der Waals surface area contributed by atoms with E-state index in [0.717, 1.165) is 33.0 Å². The van der Waals surface area contributed by atoms with Crippen LogP contribution in [-0.4, -0.2) is 12.1 Å². The molecule has 5 heteroatoms. The van der Waals surface area contributed by atoms with Gasteiger partial charge in [-0.25, -0.2) is 4.98 Å². The standard InChI is InChI=1S/C13H15BrN2OS/c1-8-4-10(14)5-12(17-3)13(8)16-7-11-6-15-9(2)18-11/h4-6,16H,7H2,1-3H3. The number of aromatic nitrogens is 1. The molecular weight excluding hydrogens is 312 g/mol. The van der Waals surface area contributed by atoms with Gasteiger partial charge in [-0.3, -0.25) is 0 Å². The molecule has 1 heterocycles. The molecule has 0 atom stereocenters. The van der Waals surface area contributed by atoms with E-state index in [-0.39, 0.29) is 0 Å². The minimum atomic E-state index is 0.768. The van der Waals surface area contributed by atoms with Crippen LogP contribution in [-0.2, 0) is 6.54 Å². The van der Waals surface area contributed by atoms with Crippen molar-refractivity contribution in [3.05, 3.63) is 38.3 Å². The molecule has 0 amide bonds. The van der Waals surface area contributed by atoms with E-state index in [1.54, 1.807) is 18.4 Å². The van der Waals surface area contributed by atoms with Gasteiger partial charge in [0.2, 0.25) is 0 Å². The van der Waals surface area contributed by atoms with Crippen molar-refractivity contribution >= 4 is 33.0 Å². The molecule has 1 N–H and O–H groups in total. The van der Waals surface area contributed by atoms with Gasteiger partial charge in [0.05, 0.1) is 24.3 Å². The van der Waals surface area contributed by atoms with Gasteiger partial charge in [-0.1, -0.05) is 15.9 Å². The van der Waals surface area contributed by atoms with Crippen LogP contribution in [0.4, 0.5) is 5.69 Å². The van der Waals surface area contributed by atoms with Gasteiger partial charge in [-0.05, 0) is 31.5 Å². The normalized spacial score (nSPS) is 10.4. The van der Waals surface area contributed by atoms with E-state index in [2.05, 4.69) is 39.2 Å². The van der Waals surface area contributed by atoms with Gasteiger partial charge in [-0.2, -0.15) is 0 Å². The highest BCUT2D eigenvalue weighted by atomic mass is 79.9. The molecule has 18 heavy (non-hydrogen) atoms. The molecule has 0 bridgehead atoms. The number of rotatable bonds is 4. The summed E-state index contributed by atoms with van der Waals surface area (Å²) in [4.78, 5) is 5.47.